The van der Waals surface area contributed by atoms with Gasteiger partial charge in [0.05, 0.1) is 6.61 Å². The molecule has 1 N–H and O–H groups in total. The first-order valence-corrected chi connectivity index (χ1v) is 6.04. The van der Waals surface area contributed by atoms with E-state index in [1.165, 1.54) is 12.8 Å². The number of aromatic carboxylic acids is 1. The Kier molecular flexibility index (Phi) is 2.51. The minimum absolute atomic E-state index is 0.224. The predicted octanol–water partition coefficient (Wildman–Crippen LogP) is 3.23. The molecule has 0 unspecified atom stereocenters. The lowest BCUT2D eigenvalue weighted by Gasteiger charge is -2.04. The van der Waals surface area contributed by atoms with Gasteiger partial charge in [-0.15, -0.1) is 0 Å². The molecule has 4 heteroatoms. The Morgan fingerprint density at radius 1 is 1.50 bits per heavy atom. The predicted molar refractivity (Wildman–Crippen MR) is 66.1 cm³/mol. The molecular weight excluding hydrogens is 232 g/mol. The fourth-order valence-corrected chi connectivity index (χ4v) is 2.05. The summed E-state index contributed by atoms with van der Waals surface area (Å²) in [7, 11) is 0. The van der Waals surface area contributed by atoms with E-state index in [2.05, 4.69) is 0 Å². The zero-order valence-corrected chi connectivity index (χ0v) is 10.1. The summed E-state index contributed by atoms with van der Waals surface area (Å²) in [6.07, 6.45) is 2.46. The highest BCUT2D eigenvalue weighted by molar-refractivity contribution is 6.03. The maximum Gasteiger partial charge on any atom is 0.339 e. The second kappa shape index (κ2) is 4.05. The molecule has 0 radical (unpaired) electrons. The highest BCUT2D eigenvalue weighted by Crippen LogP contribution is 2.32. The molecule has 0 aliphatic heterocycles. The van der Waals surface area contributed by atoms with Crippen LogP contribution in [0, 0.1) is 12.8 Å². The molecule has 1 aliphatic rings. The zero-order valence-electron chi connectivity index (χ0n) is 10.1. The van der Waals surface area contributed by atoms with Crippen LogP contribution < -0.4 is 4.74 Å². The second-order valence-corrected chi connectivity index (χ2v) is 4.75. The molecule has 0 saturated heterocycles. The molecule has 0 spiro atoms. The fraction of sp³-hybridized carbons (Fsp3) is 0.357. The minimum Gasteiger partial charge on any atom is -0.493 e. The summed E-state index contributed by atoms with van der Waals surface area (Å²) in [6.45, 7) is 2.37. The van der Waals surface area contributed by atoms with E-state index in [9.17, 15) is 9.90 Å². The average molecular weight is 246 g/mol. The zero-order chi connectivity index (χ0) is 12.7. The van der Waals surface area contributed by atoms with E-state index in [1.807, 2.05) is 6.07 Å². The SMILES string of the molecule is Cc1oc2ccc(OCC3CC3)cc2c1C(=O)O. The van der Waals surface area contributed by atoms with Gasteiger partial charge in [0.1, 0.15) is 22.7 Å². The van der Waals surface area contributed by atoms with Gasteiger partial charge in [0, 0.05) is 5.39 Å². The van der Waals surface area contributed by atoms with Crippen LogP contribution in [-0.4, -0.2) is 17.7 Å². The van der Waals surface area contributed by atoms with Crippen molar-refractivity contribution in [3.8, 4) is 5.75 Å². The summed E-state index contributed by atoms with van der Waals surface area (Å²) in [6, 6.07) is 5.33. The molecule has 1 heterocycles. The van der Waals surface area contributed by atoms with Crippen LogP contribution in [0.2, 0.25) is 0 Å². The summed E-state index contributed by atoms with van der Waals surface area (Å²) in [5, 5.41) is 9.78. The van der Waals surface area contributed by atoms with Crippen molar-refractivity contribution < 1.29 is 19.1 Å². The molecule has 0 bridgehead atoms. The van der Waals surface area contributed by atoms with Crippen LogP contribution >= 0.6 is 0 Å². The van der Waals surface area contributed by atoms with Crippen molar-refractivity contribution in [2.24, 2.45) is 5.92 Å². The molecule has 2 aromatic rings. The Balaban J connectivity index is 1.97. The summed E-state index contributed by atoms with van der Waals surface area (Å²) in [5.74, 6) is 0.839. The first-order valence-electron chi connectivity index (χ1n) is 6.04. The van der Waals surface area contributed by atoms with E-state index in [0.29, 0.717) is 35.0 Å². The monoisotopic (exact) mass is 246 g/mol. The van der Waals surface area contributed by atoms with Gasteiger partial charge < -0.3 is 14.3 Å². The molecule has 94 valence electrons. The maximum absolute atomic E-state index is 11.2. The van der Waals surface area contributed by atoms with Crippen molar-refractivity contribution in [1.29, 1.82) is 0 Å². The molecule has 1 saturated carbocycles. The van der Waals surface area contributed by atoms with Gasteiger partial charge in [0.15, 0.2) is 0 Å². The maximum atomic E-state index is 11.2. The number of fused-ring (bicyclic) bond motifs is 1. The van der Waals surface area contributed by atoms with Gasteiger partial charge in [-0.25, -0.2) is 4.79 Å². The summed E-state index contributed by atoms with van der Waals surface area (Å²) in [4.78, 5) is 11.2. The Morgan fingerprint density at radius 2 is 2.28 bits per heavy atom. The summed E-state index contributed by atoms with van der Waals surface area (Å²) < 4.78 is 11.1. The number of aryl methyl sites for hydroxylation is 1. The van der Waals surface area contributed by atoms with Crippen molar-refractivity contribution >= 4 is 16.9 Å². The lowest BCUT2D eigenvalue weighted by molar-refractivity contribution is 0.0697. The third kappa shape index (κ3) is 1.94. The first-order chi connectivity index (χ1) is 8.65. The minimum atomic E-state index is -0.967. The van der Waals surface area contributed by atoms with E-state index >= 15 is 0 Å². The fourth-order valence-electron chi connectivity index (χ4n) is 2.05. The van der Waals surface area contributed by atoms with Crippen molar-refractivity contribution in [3.05, 3.63) is 29.5 Å². The third-order valence-corrected chi connectivity index (χ3v) is 3.23. The van der Waals surface area contributed by atoms with E-state index in [1.54, 1.807) is 19.1 Å². The van der Waals surface area contributed by atoms with E-state index < -0.39 is 5.97 Å². The quantitative estimate of drug-likeness (QED) is 0.899. The van der Waals surface area contributed by atoms with Crippen LogP contribution in [-0.2, 0) is 0 Å². The number of rotatable bonds is 4. The third-order valence-electron chi connectivity index (χ3n) is 3.23. The standard InChI is InChI=1S/C14H14O4/c1-8-13(14(15)16)11-6-10(4-5-12(11)18-8)17-7-9-2-3-9/h4-6,9H,2-3,7H2,1H3,(H,15,16). The summed E-state index contributed by atoms with van der Waals surface area (Å²) in [5.41, 5.74) is 0.811. The Morgan fingerprint density at radius 3 is 2.94 bits per heavy atom. The molecule has 4 nitrogen and oxygen atoms in total. The summed E-state index contributed by atoms with van der Waals surface area (Å²) >= 11 is 0. The topological polar surface area (TPSA) is 59.7 Å². The van der Waals surface area contributed by atoms with Gasteiger partial charge in [-0.05, 0) is 43.9 Å². The lowest BCUT2D eigenvalue weighted by Crippen LogP contribution is -1.99. The molecule has 0 atom stereocenters. The van der Waals surface area contributed by atoms with Crippen molar-refractivity contribution in [2.45, 2.75) is 19.8 Å². The van der Waals surface area contributed by atoms with Crippen LogP contribution in [0.25, 0.3) is 11.0 Å². The van der Waals surface area contributed by atoms with Crippen LogP contribution in [0.5, 0.6) is 5.75 Å². The van der Waals surface area contributed by atoms with Crippen LogP contribution in [0.3, 0.4) is 0 Å². The highest BCUT2D eigenvalue weighted by Gasteiger charge is 2.22. The Hall–Kier alpha value is -1.97. The van der Waals surface area contributed by atoms with Gasteiger partial charge in [-0.2, -0.15) is 0 Å². The van der Waals surface area contributed by atoms with Gasteiger partial charge >= 0.3 is 5.97 Å². The van der Waals surface area contributed by atoms with Gasteiger partial charge in [-0.3, -0.25) is 0 Å². The second-order valence-electron chi connectivity index (χ2n) is 4.75. The van der Waals surface area contributed by atoms with Crippen LogP contribution in [0.1, 0.15) is 29.0 Å². The number of carboxylic acid groups (broad SMARTS) is 1. The van der Waals surface area contributed by atoms with Gasteiger partial charge in [0.25, 0.3) is 0 Å². The van der Waals surface area contributed by atoms with E-state index in [0.717, 1.165) is 0 Å². The number of carboxylic acids is 1. The number of carbonyl (C=O) groups is 1. The van der Waals surface area contributed by atoms with Gasteiger partial charge in [-0.1, -0.05) is 0 Å². The molecule has 1 aromatic heterocycles. The molecule has 0 amide bonds. The number of hydrogen-bond acceptors (Lipinski definition) is 3. The number of hydrogen-bond donors (Lipinski definition) is 1. The molecule has 3 rings (SSSR count). The Labute approximate surface area is 104 Å². The molecule has 18 heavy (non-hydrogen) atoms. The van der Waals surface area contributed by atoms with Crippen molar-refractivity contribution in [1.82, 2.24) is 0 Å². The molecule has 1 aliphatic carbocycles. The van der Waals surface area contributed by atoms with Crippen molar-refractivity contribution in [3.63, 3.8) is 0 Å². The van der Waals surface area contributed by atoms with Crippen molar-refractivity contribution in [2.75, 3.05) is 6.61 Å². The van der Waals surface area contributed by atoms with Gasteiger partial charge in [0.2, 0.25) is 0 Å². The largest absolute Gasteiger partial charge is 0.493 e. The van der Waals surface area contributed by atoms with Crippen LogP contribution in [0.4, 0.5) is 0 Å². The number of benzene rings is 1. The normalized spacial score (nSPS) is 14.9. The molecule has 1 aromatic carbocycles. The smallest absolute Gasteiger partial charge is 0.339 e. The average Bonchev–Trinajstić information content (AvgIpc) is 3.07. The lowest BCUT2D eigenvalue weighted by atomic mass is 10.1. The molecular formula is C14H14O4. The number of furan rings is 1. The first kappa shape index (κ1) is 11.1. The van der Waals surface area contributed by atoms with Crippen LogP contribution in [0.15, 0.2) is 22.6 Å². The number of ether oxygens (including phenoxy) is 1. The molecule has 1 fully saturated rings. The van der Waals surface area contributed by atoms with E-state index in [-0.39, 0.29) is 5.56 Å². The Bertz CT molecular complexity index is 608. The van der Waals surface area contributed by atoms with E-state index in [4.69, 9.17) is 9.15 Å². The highest BCUT2D eigenvalue weighted by atomic mass is 16.5.